The van der Waals surface area contributed by atoms with Crippen molar-refractivity contribution >= 4 is 29.8 Å². The van der Waals surface area contributed by atoms with Gasteiger partial charge in [0.15, 0.2) is 5.78 Å². The molecule has 0 radical (unpaired) electrons. The van der Waals surface area contributed by atoms with E-state index in [-0.39, 0.29) is 10.9 Å². The second-order valence-corrected chi connectivity index (χ2v) is 2.28. The summed E-state index contributed by atoms with van der Waals surface area (Å²) < 4.78 is 0. The van der Waals surface area contributed by atoms with E-state index in [4.69, 9.17) is 11.6 Å². The fourth-order valence-corrected chi connectivity index (χ4v) is 0.539. The van der Waals surface area contributed by atoms with Crippen LogP contribution in [0.25, 0.3) is 0 Å². The van der Waals surface area contributed by atoms with Gasteiger partial charge in [0.25, 0.3) is 0 Å². The average molecular weight is 173 g/mol. The highest BCUT2D eigenvalue weighted by Crippen LogP contribution is 2.03. The van der Waals surface area contributed by atoms with Crippen molar-refractivity contribution in [1.82, 2.24) is 0 Å². The zero-order valence-electron chi connectivity index (χ0n) is 6.47. The van der Waals surface area contributed by atoms with E-state index >= 15 is 0 Å². The van der Waals surface area contributed by atoms with Crippen LogP contribution in [0.2, 0.25) is 0 Å². The van der Waals surface area contributed by atoms with Gasteiger partial charge in [-0.1, -0.05) is 11.6 Å². The predicted molar refractivity (Wildman–Crippen MR) is 47.3 cm³/mol. The van der Waals surface area contributed by atoms with Crippen molar-refractivity contribution in [2.75, 3.05) is 0 Å². The van der Waals surface area contributed by atoms with E-state index in [1.54, 1.807) is 6.92 Å². The van der Waals surface area contributed by atoms with Gasteiger partial charge in [0.05, 0.1) is 11.9 Å². The molecule has 4 heteroatoms. The second kappa shape index (κ2) is 4.79. The highest BCUT2D eigenvalue weighted by Gasteiger charge is 1.97. The maximum atomic E-state index is 10.6. The first-order valence-electron chi connectivity index (χ1n) is 2.95. The summed E-state index contributed by atoms with van der Waals surface area (Å²) in [5.74, 6) is -0.111. The van der Waals surface area contributed by atoms with Crippen molar-refractivity contribution in [3.05, 3.63) is 11.4 Å². The summed E-state index contributed by atoms with van der Waals surface area (Å²) in [6, 6.07) is 0. The van der Waals surface area contributed by atoms with Crippen LogP contribution < -0.4 is 0 Å². The first-order chi connectivity index (χ1) is 5.07. The van der Waals surface area contributed by atoms with E-state index < -0.39 is 0 Å². The smallest absolute Gasteiger partial charge is 0.173 e. The Kier molecular flexibility index (Phi) is 4.38. The molecule has 0 spiro atoms. The van der Waals surface area contributed by atoms with Gasteiger partial charge in [-0.15, -0.1) is 0 Å². The third kappa shape index (κ3) is 4.44. The molecule has 0 amide bonds. The number of rotatable bonds is 3. The number of hydrogen-bond acceptors (Lipinski definition) is 3. The van der Waals surface area contributed by atoms with Crippen LogP contribution in [0.15, 0.2) is 21.3 Å². The largest absolute Gasteiger partial charge is 0.293 e. The van der Waals surface area contributed by atoms with Gasteiger partial charge in [-0.2, -0.15) is 0 Å². The van der Waals surface area contributed by atoms with Crippen LogP contribution in [0.1, 0.15) is 13.8 Å². The molecular weight excluding hydrogens is 164 g/mol. The average Bonchev–Trinajstić information content (AvgIpc) is 1.87. The third-order valence-electron chi connectivity index (χ3n) is 0.982. The normalized spacial score (nSPS) is 13.0. The van der Waals surface area contributed by atoms with Gasteiger partial charge >= 0.3 is 0 Å². The van der Waals surface area contributed by atoms with Crippen LogP contribution in [0.3, 0.4) is 0 Å². The maximum absolute atomic E-state index is 10.6. The number of Topliss-reactive ketones (excluding diaryl/α,β-unsaturated/α-hetero) is 1. The van der Waals surface area contributed by atoms with Gasteiger partial charge in [0.1, 0.15) is 5.16 Å². The molecule has 0 atom stereocenters. The molecule has 11 heavy (non-hydrogen) atoms. The highest BCUT2D eigenvalue weighted by atomic mass is 35.5. The summed E-state index contributed by atoms with van der Waals surface area (Å²) in [5.41, 5.74) is 0.356. The summed E-state index contributed by atoms with van der Waals surface area (Å²) in [4.78, 5) is 17.7. The minimum absolute atomic E-state index is 0.111. The molecule has 0 unspecified atom stereocenters. The highest BCUT2D eigenvalue weighted by molar-refractivity contribution is 6.40. The fraction of sp³-hybridized carbons (Fsp3) is 0.286. The Morgan fingerprint density at radius 1 is 1.55 bits per heavy atom. The van der Waals surface area contributed by atoms with Crippen LogP contribution >= 0.6 is 11.6 Å². The first-order valence-corrected chi connectivity index (χ1v) is 3.33. The van der Waals surface area contributed by atoms with Gasteiger partial charge in [0.2, 0.25) is 0 Å². The molecule has 0 heterocycles. The summed E-state index contributed by atoms with van der Waals surface area (Å²) in [6.45, 7) is 6.19. The zero-order chi connectivity index (χ0) is 8.85. The minimum atomic E-state index is -0.111. The molecule has 3 nitrogen and oxygen atoms in total. The van der Waals surface area contributed by atoms with Crippen molar-refractivity contribution in [1.29, 1.82) is 0 Å². The van der Waals surface area contributed by atoms with Gasteiger partial charge < -0.3 is 0 Å². The summed E-state index contributed by atoms with van der Waals surface area (Å²) in [5, 5.41) is 0.160. The Hall–Kier alpha value is -0.960. The Labute approximate surface area is 70.5 Å². The van der Waals surface area contributed by atoms with Crippen molar-refractivity contribution < 1.29 is 4.79 Å². The number of aliphatic imine (C=N–C) groups is 2. The van der Waals surface area contributed by atoms with Crippen LogP contribution in [0.4, 0.5) is 0 Å². The van der Waals surface area contributed by atoms with Gasteiger partial charge in [-0.05, 0) is 13.6 Å². The van der Waals surface area contributed by atoms with E-state index in [1.807, 2.05) is 0 Å². The quantitative estimate of drug-likeness (QED) is 0.473. The van der Waals surface area contributed by atoms with Crippen molar-refractivity contribution in [2.45, 2.75) is 13.8 Å². The minimum Gasteiger partial charge on any atom is -0.293 e. The van der Waals surface area contributed by atoms with Crippen LogP contribution in [-0.2, 0) is 4.79 Å². The molecule has 60 valence electrons. The molecule has 0 N–H and O–H groups in total. The summed E-state index contributed by atoms with van der Waals surface area (Å²) in [6.07, 6.45) is 1.27. The molecule has 0 saturated carbocycles. The molecule has 0 bridgehead atoms. The predicted octanol–water partition coefficient (Wildman–Crippen LogP) is 1.77. The lowest BCUT2D eigenvalue weighted by Crippen LogP contribution is -2.03. The van der Waals surface area contributed by atoms with Crippen molar-refractivity contribution in [2.24, 2.45) is 9.98 Å². The number of carbonyl (C=O) groups excluding carboxylic acids is 1. The molecule has 0 aliphatic heterocycles. The number of ketones is 1. The van der Waals surface area contributed by atoms with E-state index in [2.05, 4.69) is 16.7 Å². The lowest BCUT2D eigenvalue weighted by molar-refractivity contribution is -0.111. The molecule has 0 saturated heterocycles. The van der Waals surface area contributed by atoms with E-state index in [0.29, 0.717) is 5.71 Å². The molecule has 0 aromatic rings. The Morgan fingerprint density at radius 2 is 2.09 bits per heavy atom. The second-order valence-electron chi connectivity index (χ2n) is 1.89. The third-order valence-corrected chi connectivity index (χ3v) is 1.16. The Balaban J connectivity index is 4.42. The first kappa shape index (κ1) is 10.0. The van der Waals surface area contributed by atoms with Crippen LogP contribution in [0, 0.1) is 0 Å². The van der Waals surface area contributed by atoms with Gasteiger partial charge in [0, 0.05) is 6.92 Å². The van der Waals surface area contributed by atoms with Gasteiger partial charge in [-0.25, -0.2) is 4.99 Å². The molecule has 0 aliphatic carbocycles. The maximum Gasteiger partial charge on any atom is 0.173 e. The molecule has 0 rings (SSSR count). The molecular formula is C7H9ClN2O. The Morgan fingerprint density at radius 3 is 2.45 bits per heavy atom. The molecule has 0 fully saturated rings. The molecule has 0 aromatic heterocycles. The van der Waals surface area contributed by atoms with E-state index in [9.17, 15) is 4.79 Å². The van der Waals surface area contributed by atoms with Crippen molar-refractivity contribution in [3.63, 3.8) is 0 Å². The number of nitrogens with zero attached hydrogens (tertiary/aromatic N) is 2. The number of hydrogen-bond donors (Lipinski definition) is 0. The Bertz CT molecular complexity index is 231. The number of halogens is 1. The lowest BCUT2D eigenvalue weighted by atomic mass is 10.3. The SMILES string of the molecule is C=N/C=C(Cl)\N=C(/C)C(C)=O. The monoisotopic (exact) mass is 172 g/mol. The summed E-state index contributed by atoms with van der Waals surface area (Å²) >= 11 is 5.51. The molecule has 0 aliphatic rings. The number of carbonyl (C=O) groups is 1. The topological polar surface area (TPSA) is 41.8 Å². The van der Waals surface area contributed by atoms with Gasteiger partial charge in [-0.3, -0.25) is 9.79 Å². The standard InChI is InChI=1S/C7H9ClN2O/c1-5(6(2)11)10-7(8)4-9-3/h4H,3H2,1-2H3/b7-4-,10-5+. The van der Waals surface area contributed by atoms with Crippen molar-refractivity contribution in [3.8, 4) is 0 Å². The lowest BCUT2D eigenvalue weighted by Gasteiger charge is -1.90. The molecule has 0 aromatic carbocycles. The van der Waals surface area contributed by atoms with E-state index in [1.165, 1.54) is 13.1 Å². The van der Waals surface area contributed by atoms with E-state index in [0.717, 1.165) is 0 Å². The van der Waals surface area contributed by atoms with Crippen LogP contribution in [-0.4, -0.2) is 18.2 Å². The zero-order valence-corrected chi connectivity index (χ0v) is 7.22. The fourth-order valence-electron chi connectivity index (χ4n) is 0.343. The summed E-state index contributed by atoms with van der Waals surface area (Å²) in [7, 11) is 0. The van der Waals surface area contributed by atoms with Crippen LogP contribution in [0.5, 0.6) is 0 Å².